The summed E-state index contributed by atoms with van der Waals surface area (Å²) in [4.78, 5) is 26.0. The minimum absolute atomic E-state index is 0.0330. The Morgan fingerprint density at radius 3 is 2.67 bits per heavy atom. The van der Waals surface area contributed by atoms with E-state index in [4.69, 9.17) is 0 Å². The molecule has 1 aliphatic carbocycles. The first-order chi connectivity index (χ1) is 9.96. The van der Waals surface area contributed by atoms with Crippen LogP contribution in [0.1, 0.15) is 46.0 Å². The highest BCUT2D eigenvalue weighted by atomic mass is 16.3. The SMILES string of the molecule is CC(C)CN1CC(C(=O)NCC2(CO)CCCC2)CC1=O. The van der Waals surface area contributed by atoms with E-state index in [0.29, 0.717) is 25.4 Å². The first kappa shape index (κ1) is 16.3. The molecule has 0 aromatic heterocycles. The second-order valence-corrected chi connectivity index (χ2v) is 7.18. The molecule has 0 spiro atoms. The Balaban J connectivity index is 1.83. The van der Waals surface area contributed by atoms with Crippen LogP contribution in [0.3, 0.4) is 0 Å². The number of likely N-dealkylation sites (tertiary alicyclic amines) is 1. The maximum Gasteiger partial charge on any atom is 0.225 e. The summed E-state index contributed by atoms with van der Waals surface area (Å²) in [5.41, 5.74) is -0.129. The fourth-order valence-corrected chi connectivity index (χ4v) is 3.50. The van der Waals surface area contributed by atoms with E-state index in [1.54, 1.807) is 4.90 Å². The van der Waals surface area contributed by atoms with Crippen LogP contribution in [0.2, 0.25) is 0 Å². The van der Waals surface area contributed by atoms with E-state index >= 15 is 0 Å². The van der Waals surface area contributed by atoms with Crippen molar-refractivity contribution >= 4 is 11.8 Å². The predicted molar refractivity (Wildman–Crippen MR) is 80.5 cm³/mol. The van der Waals surface area contributed by atoms with Gasteiger partial charge >= 0.3 is 0 Å². The van der Waals surface area contributed by atoms with Crippen LogP contribution in [-0.4, -0.2) is 48.1 Å². The summed E-state index contributed by atoms with van der Waals surface area (Å²) in [6.07, 6.45) is 4.53. The van der Waals surface area contributed by atoms with Crippen molar-refractivity contribution in [2.45, 2.75) is 46.0 Å². The normalized spacial score (nSPS) is 24.9. The molecule has 5 nitrogen and oxygen atoms in total. The van der Waals surface area contributed by atoms with Crippen LogP contribution < -0.4 is 5.32 Å². The summed E-state index contributed by atoms with van der Waals surface area (Å²) < 4.78 is 0. The van der Waals surface area contributed by atoms with E-state index < -0.39 is 0 Å². The van der Waals surface area contributed by atoms with Crippen molar-refractivity contribution in [3.63, 3.8) is 0 Å². The average molecular weight is 296 g/mol. The molecule has 2 amide bonds. The molecule has 2 fully saturated rings. The second kappa shape index (κ2) is 6.77. The highest BCUT2D eigenvalue weighted by molar-refractivity contribution is 5.89. The zero-order valence-electron chi connectivity index (χ0n) is 13.2. The standard InChI is InChI=1S/C16H28N2O3/c1-12(2)8-18-9-13(7-14(18)20)15(21)17-10-16(11-19)5-3-4-6-16/h12-13,19H,3-11H2,1-2H3,(H,17,21). The van der Waals surface area contributed by atoms with Crippen molar-refractivity contribution in [1.29, 1.82) is 0 Å². The maximum absolute atomic E-state index is 12.3. The van der Waals surface area contributed by atoms with Gasteiger partial charge in [0.1, 0.15) is 0 Å². The van der Waals surface area contributed by atoms with Crippen molar-refractivity contribution in [1.82, 2.24) is 10.2 Å². The van der Waals surface area contributed by atoms with Gasteiger partial charge in [-0.15, -0.1) is 0 Å². The van der Waals surface area contributed by atoms with Gasteiger partial charge < -0.3 is 15.3 Å². The van der Waals surface area contributed by atoms with Gasteiger partial charge in [-0.25, -0.2) is 0 Å². The number of carbonyl (C=O) groups excluding carboxylic acids is 2. The van der Waals surface area contributed by atoms with Gasteiger partial charge in [-0.05, 0) is 18.8 Å². The lowest BCUT2D eigenvalue weighted by Gasteiger charge is -2.27. The Hall–Kier alpha value is -1.10. The lowest BCUT2D eigenvalue weighted by molar-refractivity contribution is -0.129. The molecule has 1 saturated carbocycles. The molecule has 0 aromatic carbocycles. The lowest BCUT2D eigenvalue weighted by Crippen LogP contribution is -2.41. The number of hydrogen-bond acceptors (Lipinski definition) is 3. The summed E-state index contributed by atoms with van der Waals surface area (Å²) in [6, 6.07) is 0. The number of hydrogen-bond donors (Lipinski definition) is 2. The number of aliphatic hydroxyl groups excluding tert-OH is 1. The molecule has 2 rings (SSSR count). The molecule has 2 aliphatic rings. The summed E-state index contributed by atoms with van der Waals surface area (Å²) in [6.45, 7) is 6.09. The van der Waals surface area contributed by atoms with E-state index in [9.17, 15) is 14.7 Å². The Morgan fingerprint density at radius 2 is 2.10 bits per heavy atom. The van der Waals surface area contributed by atoms with Crippen LogP contribution in [-0.2, 0) is 9.59 Å². The fourth-order valence-electron chi connectivity index (χ4n) is 3.50. The Kier molecular flexibility index (Phi) is 5.25. The van der Waals surface area contributed by atoms with Crippen LogP contribution in [0, 0.1) is 17.3 Å². The Morgan fingerprint density at radius 1 is 1.43 bits per heavy atom. The number of rotatable bonds is 6. The quantitative estimate of drug-likeness (QED) is 0.773. The van der Waals surface area contributed by atoms with Crippen molar-refractivity contribution in [2.75, 3.05) is 26.2 Å². The Bertz CT molecular complexity index is 389. The fraction of sp³-hybridized carbons (Fsp3) is 0.875. The van der Waals surface area contributed by atoms with Crippen molar-refractivity contribution in [2.24, 2.45) is 17.3 Å². The van der Waals surface area contributed by atoms with E-state index in [1.165, 1.54) is 0 Å². The first-order valence-electron chi connectivity index (χ1n) is 8.12. The lowest BCUT2D eigenvalue weighted by atomic mass is 9.87. The average Bonchev–Trinajstić information content (AvgIpc) is 3.04. The van der Waals surface area contributed by atoms with Crippen molar-refractivity contribution in [3.05, 3.63) is 0 Å². The monoisotopic (exact) mass is 296 g/mol. The molecule has 0 aromatic rings. The maximum atomic E-state index is 12.3. The summed E-state index contributed by atoms with van der Waals surface area (Å²) >= 11 is 0. The molecular formula is C16H28N2O3. The molecule has 5 heteroatoms. The third-order valence-corrected chi connectivity index (χ3v) is 4.81. The number of nitrogens with one attached hydrogen (secondary N) is 1. The van der Waals surface area contributed by atoms with Gasteiger partial charge in [0.25, 0.3) is 0 Å². The number of aliphatic hydroxyl groups is 1. The van der Waals surface area contributed by atoms with Gasteiger partial charge in [0.05, 0.1) is 12.5 Å². The largest absolute Gasteiger partial charge is 0.396 e. The summed E-state index contributed by atoms with van der Waals surface area (Å²) in [5.74, 6) is 0.247. The zero-order valence-corrected chi connectivity index (χ0v) is 13.2. The topological polar surface area (TPSA) is 69.6 Å². The zero-order chi connectivity index (χ0) is 15.5. The molecule has 1 atom stereocenters. The highest BCUT2D eigenvalue weighted by Crippen LogP contribution is 2.37. The van der Waals surface area contributed by atoms with Crippen LogP contribution in [0.15, 0.2) is 0 Å². The van der Waals surface area contributed by atoms with E-state index in [2.05, 4.69) is 19.2 Å². The molecule has 0 bridgehead atoms. The van der Waals surface area contributed by atoms with Crippen molar-refractivity contribution < 1.29 is 14.7 Å². The summed E-state index contributed by atoms with van der Waals surface area (Å²) in [5, 5.41) is 12.5. The third kappa shape index (κ3) is 3.96. The van der Waals surface area contributed by atoms with Gasteiger partial charge in [0.15, 0.2) is 0 Å². The third-order valence-electron chi connectivity index (χ3n) is 4.81. The van der Waals surface area contributed by atoms with Gasteiger partial charge in [-0.3, -0.25) is 9.59 Å². The van der Waals surface area contributed by atoms with Crippen molar-refractivity contribution in [3.8, 4) is 0 Å². The molecule has 120 valence electrons. The highest BCUT2D eigenvalue weighted by Gasteiger charge is 2.37. The first-order valence-corrected chi connectivity index (χ1v) is 8.12. The minimum atomic E-state index is -0.228. The smallest absolute Gasteiger partial charge is 0.225 e. The molecule has 21 heavy (non-hydrogen) atoms. The van der Waals surface area contributed by atoms with E-state index in [1.807, 2.05) is 0 Å². The molecule has 2 N–H and O–H groups in total. The van der Waals surface area contributed by atoms with Crippen LogP contribution >= 0.6 is 0 Å². The molecule has 1 aliphatic heterocycles. The molecule has 0 radical (unpaired) electrons. The number of amides is 2. The van der Waals surface area contributed by atoms with Crippen LogP contribution in [0.4, 0.5) is 0 Å². The molecule has 1 heterocycles. The van der Waals surface area contributed by atoms with Gasteiger partial charge in [-0.2, -0.15) is 0 Å². The van der Waals surface area contributed by atoms with Crippen LogP contribution in [0.5, 0.6) is 0 Å². The van der Waals surface area contributed by atoms with Gasteiger partial charge in [0, 0.05) is 31.5 Å². The number of nitrogens with zero attached hydrogens (tertiary/aromatic N) is 1. The number of carbonyl (C=O) groups is 2. The van der Waals surface area contributed by atoms with E-state index in [0.717, 1.165) is 32.2 Å². The predicted octanol–water partition coefficient (Wildman–Crippen LogP) is 1.16. The van der Waals surface area contributed by atoms with E-state index in [-0.39, 0.29) is 29.8 Å². The minimum Gasteiger partial charge on any atom is -0.396 e. The summed E-state index contributed by atoms with van der Waals surface area (Å²) in [7, 11) is 0. The molecular weight excluding hydrogens is 268 g/mol. The Labute approximate surface area is 127 Å². The molecule has 1 saturated heterocycles. The van der Waals surface area contributed by atoms with Crippen LogP contribution in [0.25, 0.3) is 0 Å². The van der Waals surface area contributed by atoms with Gasteiger partial charge in [-0.1, -0.05) is 26.7 Å². The molecule has 1 unspecified atom stereocenters. The van der Waals surface area contributed by atoms with Gasteiger partial charge in [0.2, 0.25) is 11.8 Å². The second-order valence-electron chi connectivity index (χ2n) is 7.18.